The summed E-state index contributed by atoms with van der Waals surface area (Å²) in [6.07, 6.45) is -1.77. The van der Waals surface area contributed by atoms with Crippen LogP contribution in [0.4, 0.5) is 13.2 Å². The van der Waals surface area contributed by atoms with Gasteiger partial charge in [-0.2, -0.15) is 13.2 Å². The molecule has 0 aliphatic heterocycles. The van der Waals surface area contributed by atoms with Crippen molar-refractivity contribution in [2.45, 2.75) is 32.1 Å². The first kappa shape index (κ1) is 11.0. The molecule has 0 aromatic carbocycles. The molecule has 3 nitrogen and oxygen atoms in total. The van der Waals surface area contributed by atoms with E-state index in [-0.39, 0.29) is 0 Å². The van der Waals surface area contributed by atoms with E-state index in [9.17, 15) is 13.2 Å². The van der Waals surface area contributed by atoms with Gasteiger partial charge in [-0.15, -0.1) is 0 Å². The fourth-order valence-electron chi connectivity index (χ4n) is 1.15. The van der Waals surface area contributed by atoms with E-state index in [1.165, 1.54) is 6.20 Å². The maximum absolute atomic E-state index is 12.4. The highest BCUT2D eigenvalue weighted by atomic mass is 19.4. The van der Waals surface area contributed by atoms with E-state index < -0.39 is 18.3 Å². The molecule has 2 N–H and O–H groups in total. The van der Waals surface area contributed by atoms with Gasteiger partial charge in [-0.25, -0.2) is 4.98 Å². The molecule has 2 atom stereocenters. The first-order chi connectivity index (χ1) is 6.34. The van der Waals surface area contributed by atoms with E-state index >= 15 is 0 Å². The van der Waals surface area contributed by atoms with Crippen molar-refractivity contribution in [2.24, 2.45) is 5.73 Å². The molecule has 0 amide bonds. The number of hydrogen-bond donors (Lipinski definition) is 1. The van der Waals surface area contributed by atoms with Crippen molar-refractivity contribution >= 4 is 0 Å². The molecule has 1 aromatic heterocycles. The predicted molar refractivity (Wildman–Crippen MR) is 45.6 cm³/mol. The molecule has 0 aliphatic rings. The Balaban J connectivity index is 3.01. The minimum Gasteiger partial charge on any atom is -0.323 e. The molecule has 1 unspecified atom stereocenters. The topological polar surface area (TPSA) is 43.8 Å². The lowest BCUT2D eigenvalue weighted by Gasteiger charge is -2.20. The Bertz CT molecular complexity index is 303. The molecule has 1 aromatic rings. The SMILES string of the molecule is CC(n1cncc1[C@H](C)N)C(F)(F)F. The molecule has 6 heteroatoms. The van der Waals surface area contributed by atoms with E-state index in [1.807, 2.05) is 0 Å². The second kappa shape index (κ2) is 3.61. The van der Waals surface area contributed by atoms with Crippen LogP contribution < -0.4 is 5.73 Å². The molecule has 0 fully saturated rings. The Labute approximate surface area is 79.7 Å². The van der Waals surface area contributed by atoms with E-state index in [2.05, 4.69) is 4.98 Å². The van der Waals surface area contributed by atoms with Gasteiger partial charge in [-0.05, 0) is 13.8 Å². The number of alkyl halides is 3. The van der Waals surface area contributed by atoms with Crippen LogP contribution in [0, 0.1) is 0 Å². The maximum Gasteiger partial charge on any atom is 0.408 e. The maximum atomic E-state index is 12.4. The summed E-state index contributed by atoms with van der Waals surface area (Å²) in [5.41, 5.74) is 5.90. The monoisotopic (exact) mass is 207 g/mol. The molecule has 0 radical (unpaired) electrons. The Morgan fingerprint density at radius 2 is 2.00 bits per heavy atom. The van der Waals surface area contributed by atoms with Gasteiger partial charge in [0.05, 0.1) is 12.0 Å². The van der Waals surface area contributed by atoms with Crippen molar-refractivity contribution in [1.82, 2.24) is 9.55 Å². The van der Waals surface area contributed by atoms with E-state index in [4.69, 9.17) is 5.73 Å². The van der Waals surface area contributed by atoms with Crippen molar-refractivity contribution in [3.63, 3.8) is 0 Å². The third-order valence-corrected chi connectivity index (χ3v) is 2.05. The van der Waals surface area contributed by atoms with Gasteiger partial charge >= 0.3 is 6.18 Å². The second-order valence-electron chi connectivity index (χ2n) is 3.23. The van der Waals surface area contributed by atoms with Crippen LogP contribution in [-0.2, 0) is 0 Å². The Hall–Kier alpha value is -1.04. The van der Waals surface area contributed by atoms with Crippen LogP contribution in [0.2, 0.25) is 0 Å². The highest BCUT2D eigenvalue weighted by Gasteiger charge is 2.38. The quantitative estimate of drug-likeness (QED) is 0.806. The zero-order chi connectivity index (χ0) is 10.9. The van der Waals surface area contributed by atoms with Gasteiger partial charge in [0.2, 0.25) is 0 Å². The van der Waals surface area contributed by atoms with Gasteiger partial charge < -0.3 is 10.3 Å². The minimum absolute atomic E-state index is 0.384. The van der Waals surface area contributed by atoms with Crippen LogP contribution in [0.3, 0.4) is 0 Å². The molecule has 0 spiro atoms. The van der Waals surface area contributed by atoms with Crippen molar-refractivity contribution in [3.8, 4) is 0 Å². The zero-order valence-corrected chi connectivity index (χ0v) is 7.92. The summed E-state index contributed by atoms with van der Waals surface area (Å²) in [6, 6.07) is -2.05. The predicted octanol–water partition coefficient (Wildman–Crippen LogP) is 2.03. The van der Waals surface area contributed by atoms with E-state index in [0.717, 1.165) is 17.8 Å². The average molecular weight is 207 g/mol. The summed E-state index contributed by atoms with van der Waals surface area (Å²) in [5.74, 6) is 0. The standard InChI is InChI=1S/C8H12F3N3/c1-5(12)7-3-13-4-14(7)6(2)8(9,10)11/h3-6H,12H2,1-2H3/t5-,6?/m0/s1. The Morgan fingerprint density at radius 1 is 1.43 bits per heavy atom. The van der Waals surface area contributed by atoms with E-state index in [1.54, 1.807) is 6.92 Å². The highest BCUT2D eigenvalue weighted by molar-refractivity contribution is 5.05. The summed E-state index contributed by atoms with van der Waals surface area (Å²) < 4.78 is 38.1. The Morgan fingerprint density at radius 3 is 2.43 bits per heavy atom. The summed E-state index contributed by atoms with van der Waals surface area (Å²) in [4.78, 5) is 3.66. The fraction of sp³-hybridized carbons (Fsp3) is 0.625. The van der Waals surface area contributed by atoms with Crippen molar-refractivity contribution in [1.29, 1.82) is 0 Å². The lowest BCUT2D eigenvalue weighted by molar-refractivity contribution is -0.163. The first-order valence-corrected chi connectivity index (χ1v) is 4.18. The number of hydrogen-bond acceptors (Lipinski definition) is 2. The Kier molecular flexibility index (Phi) is 2.84. The van der Waals surface area contributed by atoms with Crippen molar-refractivity contribution in [3.05, 3.63) is 18.2 Å². The molecular weight excluding hydrogens is 195 g/mol. The van der Waals surface area contributed by atoms with Crippen molar-refractivity contribution < 1.29 is 13.2 Å². The van der Waals surface area contributed by atoms with Gasteiger partial charge in [-0.1, -0.05) is 0 Å². The molecule has 80 valence electrons. The summed E-state index contributed by atoms with van der Waals surface area (Å²) in [7, 11) is 0. The number of aromatic nitrogens is 2. The normalized spacial score (nSPS) is 16.7. The van der Waals surface area contributed by atoms with Gasteiger partial charge in [0.1, 0.15) is 6.04 Å². The smallest absolute Gasteiger partial charge is 0.323 e. The lowest BCUT2D eigenvalue weighted by Crippen LogP contribution is -2.26. The van der Waals surface area contributed by atoms with Crippen molar-refractivity contribution in [2.75, 3.05) is 0 Å². The molecule has 0 aliphatic carbocycles. The largest absolute Gasteiger partial charge is 0.408 e. The molecule has 0 saturated carbocycles. The van der Waals surface area contributed by atoms with Crippen LogP contribution in [0.1, 0.15) is 31.6 Å². The average Bonchev–Trinajstić information content (AvgIpc) is 2.48. The zero-order valence-electron chi connectivity index (χ0n) is 7.92. The highest BCUT2D eigenvalue weighted by Crippen LogP contribution is 2.31. The summed E-state index contributed by atoms with van der Waals surface area (Å²) >= 11 is 0. The molecule has 1 heterocycles. The van der Waals surface area contributed by atoms with Crippen LogP contribution >= 0.6 is 0 Å². The van der Waals surface area contributed by atoms with Gasteiger partial charge in [0.15, 0.2) is 0 Å². The molecule has 0 saturated heterocycles. The van der Waals surface area contributed by atoms with E-state index in [0.29, 0.717) is 5.69 Å². The van der Waals surface area contributed by atoms with Gasteiger partial charge in [0.25, 0.3) is 0 Å². The van der Waals surface area contributed by atoms with Gasteiger partial charge in [0, 0.05) is 12.2 Å². The number of nitrogens with two attached hydrogens (primary N) is 1. The number of halogens is 3. The molecule has 0 bridgehead atoms. The summed E-state index contributed by atoms with van der Waals surface area (Å²) in [6.45, 7) is 2.70. The lowest BCUT2D eigenvalue weighted by atomic mass is 10.2. The second-order valence-corrected chi connectivity index (χ2v) is 3.23. The molecule has 14 heavy (non-hydrogen) atoms. The van der Waals surface area contributed by atoms with Crippen LogP contribution in [0.15, 0.2) is 12.5 Å². The first-order valence-electron chi connectivity index (χ1n) is 4.18. The third-order valence-electron chi connectivity index (χ3n) is 2.05. The molecule has 1 rings (SSSR count). The fourth-order valence-corrected chi connectivity index (χ4v) is 1.15. The van der Waals surface area contributed by atoms with Gasteiger partial charge in [-0.3, -0.25) is 0 Å². The minimum atomic E-state index is -4.27. The number of rotatable bonds is 2. The van der Waals surface area contributed by atoms with Crippen LogP contribution in [-0.4, -0.2) is 15.7 Å². The third kappa shape index (κ3) is 2.06. The number of imidazole rings is 1. The summed E-state index contributed by atoms with van der Waals surface area (Å²) in [5, 5.41) is 0. The number of nitrogens with zero attached hydrogens (tertiary/aromatic N) is 2. The molecular formula is C8H12F3N3. The van der Waals surface area contributed by atoms with Crippen LogP contribution in [0.25, 0.3) is 0 Å². The van der Waals surface area contributed by atoms with Crippen LogP contribution in [0.5, 0.6) is 0 Å².